The minimum Gasteiger partial charge on any atom is -0.444 e. The van der Waals surface area contributed by atoms with Crippen molar-refractivity contribution in [1.82, 2.24) is 9.80 Å². The van der Waals surface area contributed by atoms with Gasteiger partial charge >= 0.3 is 12.2 Å². The van der Waals surface area contributed by atoms with Crippen LogP contribution in [-0.4, -0.2) is 53.3 Å². The number of hydrogen-bond acceptors (Lipinski definition) is 4. The van der Waals surface area contributed by atoms with Gasteiger partial charge < -0.3 is 19.3 Å². The summed E-state index contributed by atoms with van der Waals surface area (Å²) in [5.41, 5.74) is 0.159. The quantitative estimate of drug-likeness (QED) is 0.532. The van der Waals surface area contributed by atoms with Gasteiger partial charge in [-0.15, -0.1) is 0 Å². The summed E-state index contributed by atoms with van der Waals surface area (Å²) < 4.78 is 24.5. The van der Waals surface area contributed by atoms with Gasteiger partial charge in [0, 0.05) is 25.7 Å². The van der Waals surface area contributed by atoms with Crippen LogP contribution in [-0.2, 0) is 9.47 Å². The Labute approximate surface area is 180 Å². The van der Waals surface area contributed by atoms with E-state index in [-0.39, 0.29) is 17.9 Å². The summed E-state index contributed by atoms with van der Waals surface area (Å²) in [6.07, 6.45) is -0.258. The molecule has 30 heavy (non-hydrogen) atoms. The lowest BCUT2D eigenvalue weighted by molar-refractivity contribution is 0.0256. The van der Waals surface area contributed by atoms with Gasteiger partial charge in [-0.3, -0.25) is 0 Å². The molecule has 170 valence electrons. The lowest BCUT2D eigenvalue weighted by Gasteiger charge is -2.32. The van der Waals surface area contributed by atoms with E-state index in [0.29, 0.717) is 19.4 Å². The first-order chi connectivity index (χ1) is 13.8. The average Bonchev–Trinajstić information content (AvgIpc) is 2.59. The van der Waals surface area contributed by atoms with Gasteiger partial charge in [0.1, 0.15) is 17.5 Å². The largest absolute Gasteiger partial charge is 0.444 e. The van der Waals surface area contributed by atoms with Crippen molar-refractivity contribution in [3.8, 4) is 0 Å². The van der Waals surface area contributed by atoms with Crippen LogP contribution in [0.2, 0.25) is 0 Å². The van der Waals surface area contributed by atoms with Crippen LogP contribution in [0.15, 0.2) is 24.3 Å². The zero-order chi connectivity index (χ0) is 23.1. The van der Waals surface area contributed by atoms with Crippen LogP contribution in [0.4, 0.5) is 14.0 Å². The molecular formula is C23H37FN2O4. The fourth-order valence-electron chi connectivity index (χ4n) is 3.12. The maximum absolute atomic E-state index is 13.4. The highest BCUT2D eigenvalue weighted by Gasteiger charge is 2.26. The molecule has 0 spiro atoms. The summed E-state index contributed by atoms with van der Waals surface area (Å²) in [7, 11) is 1.67. The topological polar surface area (TPSA) is 59.1 Å². The van der Waals surface area contributed by atoms with Crippen molar-refractivity contribution < 1.29 is 23.5 Å². The molecule has 0 aliphatic heterocycles. The number of carbonyl (C=O) groups is 2. The molecule has 1 aromatic rings. The molecule has 0 aliphatic rings. The standard InChI is InChI=1S/C23H37FN2O4/c1-16(2)26(17(3)4)22(28)29-20(18-11-13-19(24)14-12-18)10-9-15-25(8)21(27)30-23(5,6)7/h11-14,16-17,20H,9-10,15H2,1-8H3/t20-/m0/s1. The highest BCUT2D eigenvalue weighted by molar-refractivity contribution is 5.69. The Bertz CT molecular complexity index is 675. The van der Waals surface area contributed by atoms with E-state index in [4.69, 9.17) is 9.47 Å². The van der Waals surface area contributed by atoms with Crippen molar-refractivity contribution in [3.63, 3.8) is 0 Å². The number of amides is 2. The first-order valence-corrected chi connectivity index (χ1v) is 10.5. The molecular weight excluding hydrogens is 387 g/mol. The minimum atomic E-state index is -0.561. The predicted molar refractivity (Wildman–Crippen MR) is 116 cm³/mol. The molecule has 0 saturated carbocycles. The Morgan fingerprint density at radius 2 is 1.53 bits per heavy atom. The fourth-order valence-corrected chi connectivity index (χ4v) is 3.12. The van der Waals surface area contributed by atoms with Crippen molar-refractivity contribution in [2.75, 3.05) is 13.6 Å². The van der Waals surface area contributed by atoms with Crippen molar-refractivity contribution in [1.29, 1.82) is 0 Å². The average molecular weight is 425 g/mol. The van der Waals surface area contributed by atoms with E-state index >= 15 is 0 Å². The van der Waals surface area contributed by atoms with Crippen LogP contribution in [0.1, 0.15) is 73.0 Å². The molecule has 0 fully saturated rings. The molecule has 0 aromatic heterocycles. The number of carbonyl (C=O) groups excluding carboxylic acids is 2. The van der Waals surface area contributed by atoms with Gasteiger partial charge in [-0.25, -0.2) is 14.0 Å². The third-order valence-corrected chi connectivity index (χ3v) is 4.47. The summed E-state index contributed by atoms with van der Waals surface area (Å²) >= 11 is 0. The van der Waals surface area contributed by atoms with Crippen molar-refractivity contribution in [2.24, 2.45) is 0 Å². The molecule has 0 N–H and O–H groups in total. The maximum atomic E-state index is 13.4. The van der Waals surface area contributed by atoms with Crippen molar-refractivity contribution >= 4 is 12.2 Å². The van der Waals surface area contributed by atoms with Gasteiger partial charge in [0.05, 0.1) is 0 Å². The highest BCUT2D eigenvalue weighted by atomic mass is 19.1. The molecule has 0 unspecified atom stereocenters. The van der Waals surface area contributed by atoms with Crippen molar-refractivity contribution in [2.45, 2.75) is 85.1 Å². The van der Waals surface area contributed by atoms with Crippen LogP contribution in [0.25, 0.3) is 0 Å². The van der Waals surface area contributed by atoms with Gasteiger partial charge in [0.25, 0.3) is 0 Å². The van der Waals surface area contributed by atoms with E-state index in [2.05, 4.69) is 0 Å². The summed E-state index contributed by atoms with van der Waals surface area (Å²) in [5.74, 6) is -0.348. The van der Waals surface area contributed by atoms with E-state index in [0.717, 1.165) is 5.56 Å². The second-order valence-electron chi connectivity index (χ2n) is 9.06. The van der Waals surface area contributed by atoms with Crippen LogP contribution in [0.5, 0.6) is 0 Å². The SMILES string of the molecule is CC(C)N(C(=O)O[C@@H](CCCN(C)C(=O)OC(C)(C)C)c1ccc(F)cc1)C(C)C. The molecule has 1 rings (SSSR count). The normalized spacial score (nSPS) is 12.6. The predicted octanol–water partition coefficient (Wildman–Crippen LogP) is 5.77. The summed E-state index contributed by atoms with van der Waals surface area (Å²) in [5, 5.41) is 0. The number of hydrogen-bond donors (Lipinski definition) is 0. The number of rotatable bonds is 8. The number of ether oxygens (including phenoxy) is 2. The Morgan fingerprint density at radius 1 is 1.00 bits per heavy atom. The molecule has 0 heterocycles. The van der Waals surface area contributed by atoms with Crippen LogP contribution >= 0.6 is 0 Å². The zero-order valence-electron chi connectivity index (χ0n) is 19.6. The van der Waals surface area contributed by atoms with Gasteiger partial charge in [-0.1, -0.05) is 12.1 Å². The van der Waals surface area contributed by atoms with E-state index in [1.165, 1.54) is 17.0 Å². The Morgan fingerprint density at radius 3 is 2.00 bits per heavy atom. The lowest BCUT2D eigenvalue weighted by atomic mass is 10.0. The molecule has 1 aromatic carbocycles. The molecule has 6 nitrogen and oxygen atoms in total. The van der Waals surface area contributed by atoms with Crippen LogP contribution in [0, 0.1) is 5.82 Å². The van der Waals surface area contributed by atoms with Gasteiger partial charge in [-0.2, -0.15) is 0 Å². The van der Waals surface area contributed by atoms with Gasteiger partial charge in [0.15, 0.2) is 0 Å². The number of benzene rings is 1. The summed E-state index contributed by atoms with van der Waals surface area (Å²) in [6, 6.07) is 5.94. The van der Waals surface area contributed by atoms with E-state index in [1.54, 1.807) is 24.1 Å². The van der Waals surface area contributed by atoms with Gasteiger partial charge in [0.2, 0.25) is 0 Å². The first kappa shape index (κ1) is 25.7. The Hall–Kier alpha value is -2.31. The van der Waals surface area contributed by atoms with Gasteiger partial charge in [-0.05, 0) is 79.0 Å². The molecule has 0 bridgehead atoms. The summed E-state index contributed by atoms with van der Waals surface area (Å²) in [6.45, 7) is 13.6. The second-order valence-corrected chi connectivity index (χ2v) is 9.06. The molecule has 7 heteroatoms. The summed E-state index contributed by atoms with van der Waals surface area (Å²) in [4.78, 5) is 28.1. The highest BCUT2D eigenvalue weighted by Crippen LogP contribution is 2.25. The maximum Gasteiger partial charge on any atom is 0.410 e. The van der Waals surface area contributed by atoms with Crippen molar-refractivity contribution in [3.05, 3.63) is 35.6 Å². The lowest BCUT2D eigenvalue weighted by Crippen LogP contribution is -2.42. The molecule has 1 atom stereocenters. The van der Waals surface area contributed by atoms with E-state index in [1.807, 2.05) is 48.5 Å². The van der Waals surface area contributed by atoms with E-state index in [9.17, 15) is 14.0 Å². The number of halogens is 1. The van der Waals surface area contributed by atoms with E-state index < -0.39 is 23.9 Å². The Kier molecular flexibility index (Phi) is 9.59. The molecule has 0 radical (unpaired) electrons. The molecule has 0 aliphatic carbocycles. The van der Waals surface area contributed by atoms with Crippen LogP contribution < -0.4 is 0 Å². The zero-order valence-corrected chi connectivity index (χ0v) is 19.6. The minimum absolute atomic E-state index is 0.00957. The first-order valence-electron chi connectivity index (χ1n) is 10.5. The second kappa shape index (κ2) is 11.2. The molecule has 0 saturated heterocycles. The smallest absolute Gasteiger partial charge is 0.410 e. The van der Waals surface area contributed by atoms with Crippen LogP contribution in [0.3, 0.4) is 0 Å². The third kappa shape index (κ3) is 8.59. The molecule has 2 amide bonds. The fraction of sp³-hybridized carbons (Fsp3) is 0.652. The number of nitrogens with zero attached hydrogens (tertiary/aromatic N) is 2. The monoisotopic (exact) mass is 424 g/mol. The third-order valence-electron chi connectivity index (χ3n) is 4.47. The Balaban J connectivity index is 2.84.